The number of rotatable bonds is 4. The highest BCUT2D eigenvalue weighted by atomic mass is 16.6. The lowest BCUT2D eigenvalue weighted by Crippen LogP contribution is -2.32. The molecule has 1 aromatic rings. The lowest BCUT2D eigenvalue weighted by atomic mass is 10.1. The number of carbonyl (C=O) groups excluding carboxylic acids is 1. The summed E-state index contributed by atoms with van der Waals surface area (Å²) >= 11 is 0. The molecule has 108 valence electrons. The Morgan fingerprint density at radius 3 is 2.80 bits per heavy atom. The molecule has 2 rings (SSSR count). The quantitative estimate of drug-likeness (QED) is 0.648. The third kappa shape index (κ3) is 3.14. The molecule has 0 radical (unpaired) electrons. The van der Waals surface area contributed by atoms with E-state index in [2.05, 4.69) is 5.32 Å². The minimum Gasteiger partial charge on any atom is -0.393 e. The summed E-state index contributed by atoms with van der Waals surface area (Å²) in [6.45, 7) is 2.05. The molecule has 0 heterocycles. The molecule has 2 atom stereocenters. The van der Waals surface area contributed by atoms with Crippen LogP contribution < -0.4 is 5.32 Å². The number of amides is 1. The zero-order valence-corrected chi connectivity index (χ0v) is 11.3. The Balaban J connectivity index is 1.99. The van der Waals surface area contributed by atoms with Gasteiger partial charge in [-0.2, -0.15) is 0 Å². The predicted octanol–water partition coefficient (Wildman–Crippen LogP) is 1.79. The number of benzene rings is 1. The van der Waals surface area contributed by atoms with Crippen LogP contribution in [0.15, 0.2) is 18.2 Å². The van der Waals surface area contributed by atoms with Crippen LogP contribution in [-0.4, -0.2) is 28.6 Å². The minimum atomic E-state index is -0.466. The van der Waals surface area contributed by atoms with E-state index in [1.54, 1.807) is 6.92 Å². The second-order valence-electron chi connectivity index (χ2n) is 5.23. The van der Waals surface area contributed by atoms with Gasteiger partial charge in [-0.1, -0.05) is 6.42 Å². The van der Waals surface area contributed by atoms with Crippen LogP contribution in [0.5, 0.6) is 0 Å². The fraction of sp³-hybridized carbons (Fsp3) is 0.500. The van der Waals surface area contributed by atoms with E-state index in [1.165, 1.54) is 18.2 Å². The van der Waals surface area contributed by atoms with Crippen LogP contribution in [0.1, 0.15) is 35.2 Å². The molecule has 6 nitrogen and oxygen atoms in total. The number of nitrogens with zero attached hydrogens (tertiary/aromatic N) is 1. The van der Waals surface area contributed by atoms with Gasteiger partial charge in [-0.3, -0.25) is 14.9 Å². The molecule has 1 aliphatic rings. The number of hydrogen-bond acceptors (Lipinski definition) is 4. The van der Waals surface area contributed by atoms with Crippen molar-refractivity contribution in [2.24, 2.45) is 5.92 Å². The van der Waals surface area contributed by atoms with Gasteiger partial charge in [0.15, 0.2) is 0 Å². The summed E-state index contributed by atoms with van der Waals surface area (Å²) < 4.78 is 0. The SMILES string of the molecule is Cc1cc(C(=O)NCC2CCCC2O)ccc1[N+](=O)[O-]. The summed E-state index contributed by atoms with van der Waals surface area (Å²) in [5.74, 6) is -0.153. The molecule has 0 bridgehead atoms. The van der Waals surface area contributed by atoms with Gasteiger partial charge in [0.05, 0.1) is 11.0 Å². The van der Waals surface area contributed by atoms with Gasteiger partial charge in [-0.15, -0.1) is 0 Å². The average molecular weight is 278 g/mol. The molecule has 1 fully saturated rings. The Morgan fingerprint density at radius 2 is 2.25 bits per heavy atom. The molecule has 1 saturated carbocycles. The second kappa shape index (κ2) is 6.00. The number of hydrogen-bond donors (Lipinski definition) is 2. The van der Waals surface area contributed by atoms with Gasteiger partial charge in [0.1, 0.15) is 0 Å². The van der Waals surface area contributed by atoms with E-state index in [4.69, 9.17) is 0 Å². The van der Waals surface area contributed by atoms with Crippen LogP contribution in [0.25, 0.3) is 0 Å². The van der Waals surface area contributed by atoms with Gasteiger partial charge in [-0.25, -0.2) is 0 Å². The first kappa shape index (κ1) is 14.5. The lowest BCUT2D eigenvalue weighted by molar-refractivity contribution is -0.385. The van der Waals surface area contributed by atoms with Crippen molar-refractivity contribution in [1.82, 2.24) is 5.32 Å². The van der Waals surface area contributed by atoms with Crippen molar-refractivity contribution < 1.29 is 14.8 Å². The average Bonchev–Trinajstić information content (AvgIpc) is 2.81. The Hall–Kier alpha value is -1.95. The van der Waals surface area contributed by atoms with Gasteiger partial charge in [0.2, 0.25) is 0 Å². The monoisotopic (exact) mass is 278 g/mol. The fourth-order valence-corrected chi connectivity index (χ4v) is 2.58. The smallest absolute Gasteiger partial charge is 0.272 e. The van der Waals surface area contributed by atoms with Gasteiger partial charge >= 0.3 is 0 Å². The second-order valence-corrected chi connectivity index (χ2v) is 5.23. The number of carbonyl (C=O) groups is 1. The maximum atomic E-state index is 12.0. The molecule has 0 aromatic heterocycles. The molecule has 1 aliphatic carbocycles. The van der Waals surface area contributed by atoms with Crippen LogP contribution in [0, 0.1) is 23.0 Å². The van der Waals surface area contributed by atoms with Crippen molar-refractivity contribution in [3.63, 3.8) is 0 Å². The van der Waals surface area contributed by atoms with Crippen LogP contribution in [0.3, 0.4) is 0 Å². The first-order valence-electron chi connectivity index (χ1n) is 6.70. The minimum absolute atomic E-state index is 0.00719. The van der Waals surface area contributed by atoms with Crippen molar-refractivity contribution in [2.75, 3.05) is 6.54 Å². The third-order valence-electron chi connectivity index (χ3n) is 3.80. The first-order chi connectivity index (χ1) is 9.49. The van der Waals surface area contributed by atoms with Gasteiger partial charge in [0, 0.05) is 29.7 Å². The predicted molar refractivity (Wildman–Crippen MR) is 73.5 cm³/mol. The van der Waals surface area contributed by atoms with Gasteiger partial charge in [0.25, 0.3) is 11.6 Å². The van der Waals surface area contributed by atoms with Crippen LogP contribution in [0.4, 0.5) is 5.69 Å². The van der Waals surface area contributed by atoms with Gasteiger partial charge < -0.3 is 10.4 Å². The topological polar surface area (TPSA) is 92.5 Å². The highest BCUT2D eigenvalue weighted by Crippen LogP contribution is 2.25. The number of nitro groups is 1. The number of nitrogens with one attached hydrogen (secondary N) is 1. The largest absolute Gasteiger partial charge is 0.393 e. The third-order valence-corrected chi connectivity index (χ3v) is 3.80. The molecule has 20 heavy (non-hydrogen) atoms. The van der Waals surface area contributed by atoms with E-state index < -0.39 is 4.92 Å². The van der Waals surface area contributed by atoms with E-state index in [-0.39, 0.29) is 23.6 Å². The first-order valence-corrected chi connectivity index (χ1v) is 6.70. The summed E-state index contributed by atoms with van der Waals surface area (Å²) in [6, 6.07) is 4.30. The Bertz CT molecular complexity index is 530. The summed E-state index contributed by atoms with van der Waals surface area (Å²) in [7, 11) is 0. The van der Waals surface area contributed by atoms with Crippen LogP contribution >= 0.6 is 0 Å². The number of aliphatic hydroxyl groups excluding tert-OH is 1. The Morgan fingerprint density at radius 1 is 1.50 bits per heavy atom. The molecular weight excluding hydrogens is 260 g/mol. The van der Waals surface area contributed by atoms with Crippen molar-refractivity contribution in [2.45, 2.75) is 32.3 Å². The highest BCUT2D eigenvalue weighted by Gasteiger charge is 2.25. The number of nitro benzene ring substituents is 1. The molecule has 2 N–H and O–H groups in total. The lowest BCUT2D eigenvalue weighted by Gasteiger charge is -2.15. The Labute approximate surface area is 117 Å². The number of aryl methyl sites for hydroxylation is 1. The maximum Gasteiger partial charge on any atom is 0.272 e. The molecule has 1 amide bonds. The standard InChI is InChI=1S/C14H18N2O4/c1-9-7-10(5-6-12(9)16(19)20)14(18)15-8-11-3-2-4-13(11)17/h5-7,11,13,17H,2-4,8H2,1H3,(H,15,18). The zero-order valence-electron chi connectivity index (χ0n) is 11.3. The van der Waals surface area contributed by atoms with Crippen molar-refractivity contribution in [3.05, 3.63) is 39.4 Å². The van der Waals surface area contributed by atoms with E-state index in [1.807, 2.05) is 0 Å². The molecule has 0 spiro atoms. The van der Waals surface area contributed by atoms with Crippen LogP contribution in [-0.2, 0) is 0 Å². The molecule has 2 unspecified atom stereocenters. The summed E-state index contributed by atoms with van der Waals surface area (Å²) in [6.07, 6.45) is 2.35. The molecule has 0 aliphatic heterocycles. The normalized spacial score (nSPS) is 21.7. The molecular formula is C14H18N2O4. The summed E-state index contributed by atoms with van der Waals surface area (Å²) in [4.78, 5) is 22.2. The maximum absolute atomic E-state index is 12.0. The molecule has 0 saturated heterocycles. The zero-order chi connectivity index (χ0) is 14.7. The summed E-state index contributed by atoms with van der Waals surface area (Å²) in [5, 5.41) is 23.2. The molecule has 1 aromatic carbocycles. The van der Waals surface area contributed by atoms with Crippen molar-refractivity contribution >= 4 is 11.6 Å². The number of aliphatic hydroxyl groups is 1. The summed E-state index contributed by atoms with van der Waals surface area (Å²) in [5.41, 5.74) is 0.872. The van der Waals surface area contributed by atoms with E-state index in [0.717, 1.165) is 19.3 Å². The molecule has 6 heteroatoms. The fourth-order valence-electron chi connectivity index (χ4n) is 2.58. The Kier molecular flexibility index (Phi) is 4.34. The highest BCUT2D eigenvalue weighted by molar-refractivity contribution is 5.94. The van der Waals surface area contributed by atoms with E-state index in [9.17, 15) is 20.0 Å². The van der Waals surface area contributed by atoms with Crippen molar-refractivity contribution in [3.8, 4) is 0 Å². The van der Waals surface area contributed by atoms with Gasteiger partial charge in [-0.05, 0) is 31.9 Å². The van der Waals surface area contributed by atoms with E-state index in [0.29, 0.717) is 17.7 Å². The van der Waals surface area contributed by atoms with Crippen LogP contribution in [0.2, 0.25) is 0 Å². The van der Waals surface area contributed by atoms with E-state index >= 15 is 0 Å². The van der Waals surface area contributed by atoms with Crippen molar-refractivity contribution in [1.29, 1.82) is 0 Å².